The van der Waals surface area contributed by atoms with Crippen LogP contribution in [0.2, 0.25) is 0 Å². The lowest BCUT2D eigenvalue weighted by Gasteiger charge is -2.27. The fourth-order valence-electron chi connectivity index (χ4n) is 2.93. The maximum absolute atomic E-state index is 3.73. The van der Waals surface area contributed by atoms with E-state index in [0.29, 0.717) is 12.0 Å². The van der Waals surface area contributed by atoms with Gasteiger partial charge >= 0.3 is 0 Å². The van der Waals surface area contributed by atoms with E-state index >= 15 is 0 Å². The van der Waals surface area contributed by atoms with Crippen LogP contribution >= 0.6 is 15.9 Å². The molecule has 2 nitrogen and oxygen atoms in total. The quantitative estimate of drug-likeness (QED) is 0.917. The van der Waals surface area contributed by atoms with Crippen LogP contribution in [0.5, 0.6) is 0 Å². The molecular formula is C15H23BrN2. The Morgan fingerprint density at radius 2 is 2.22 bits per heavy atom. The van der Waals surface area contributed by atoms with E-state index < -0.39 is 0 Å². The average Bonchev–Trinajstić information content (AvgIpc) is 2.68. The average molecular weight is 311 g/mol. The van der Waals surface area contributed by atoms with E-state index in [4.69, 9.17) is 0 Å². The number of hydrogen-bond acceptors (Lipinski definition) is 2. The minimum atomic E-state index is 0.541. The number of nitrogens with one attached hydrogen (secondary N) is 1. The molecule has 0 amide bonds. The molecule has 1 aromatic rings. The van der Waals surface area contributed by atoms with Gasteiger partial charge in [-0.25, -0.2) is 0 Å². The molecule has 1 heterocycles. The topological polar surface area (TPSA) is 15.3 Å². The summed E-state index contributed by atoms with van der Waals surface area (Å²) in [5.41, 5.74) is 2.75. The summed E-state index contributed by atoms with van der Waals surface area (Å²) in [5.74, 6) is 0.717. The Labute approximate surface area is 119 Å². The van der Waals surface area contributed by atoms with Crippen LogP contribution in [-0.4, -0.2) is 31.6 Å². The van der Waals surface area contributed by atoms with E-state index in [1.807, 2.05) is 0 Å². The molecule has 3 heteroatoms. The lowest BCUT2D eigenvalue weighted by atomic mass is 9.93. The van der Waals surface area contributed by atoms with Gasteiger partial charge in [0.1, 0.15) is 0 Å². The second kappa shape index (κ2) is 6.18. The Morgan fingerprint density at radius 3 is 2.89 bits per heavy atom. The summed E-state index contributed by atoms with van der Waals surface area (Å²) in [4.78, 5) is 2.48. The van der Waals surface area contributed by atoms with Gasteiger partial charge in [-0.1, -0.05) is 35.0 Å². The molecule has 1 aromatic carbocycles. The van der Waals surface area contributed by atoms with Gasteiger partial charge in [0.05, 0.1) is 0 Å². The summed E-state index contributed by atoms with van der Waals surface area (Å²) in [6, 6.07) is 7.27. The van der Waals surface area contributed by atoms with Gasteiger partial charge in [-0.05, 0) is 63.1 Å². The smallest absolute Gasteiger partial charge is 0.0397 e. The van der Waals surface area contributed by atoms with Gasteiger partial charge < -0.3 is 5.32 Å². The normalized spacial score (nSPS) is 24.7. The highest BCUT2D eigenvalue weighted by molar-refractivity contribution is 9.10. The first-order chi connectivity index (χ1) is 8.63. The second-order valence-corrected chi connectivity index (χ2v) is 6.16. The van der Waals surface area contributed by atoms with Crippen molar-refractivity contribution in [2.24, 2.45) is 5.92 Å². The van der Waals surface area contributed by atoms with Crippen LogP contribution in [0.25, 0.3) is 0 Å². The third kappa shape index (κ3) is 2.95. The number of nitrogens with zero attached hydrogens (tertiary/aromatic N) is 1. The van der Waals surface area contributed by atoms with Crippen molar-refractivity contribution in [3.8, 4) is 0 Å². The van der Waals surface area contributed by atoms with Gasteiger partial charge in [-0.3, -0.25) is 4.90 Å². The Bertz CT molecular complexity index is 405. The van der Waals surface area contributed by atoms with Gasteiger partial charge in [0.15, 0.2) is 0 Å². The van der Waals surface area contributed by atoms with Crippen molar-refractivity contribution in [1.29, 1.82) is 0 Å². The highest BCUT2D eigenvalue weighted by atomic mass is 79.9. The van der Waals surface area contributed by atoms with Crippen LogP contribution in [0.15, 0.2) is 22.7 Å². The minimum Gasteiger partial charge on any atom is -0.317 e. The second-order valence-electron chi connectivity index (χ2n) is 5.31. The van der Waals surface area contributed by atoms with Crippen molar-refractivity contribution in [2.75, 3.05) is 26.7 Å². The predicted molar refractivity (Wildman–Crippen MR) is 80.9 cm³/mol. The summed E-state index contributed by atoms with van der Waals surface area (Å²) >= 11 is 3.73. The van der Waals surface area contributed by atoms with Crippen LogP contribution < -0.4 is 5.32 Å². The Balaban J connectivity index is 2.22. The molecular weight excluding hydrogens is 288 g/mol. The summed E-state index contributed by atoms with van der Waals surface area (Å²) in [6.45, 7) is 7.69. The molecule has 0 spiro atoms. The molecule has 1 N–H and O–H groups in total. The number of likely N-dealkylation sites (tertiary alicyclic amines) is 1. The zero-order chi connectivity index (χ0) is 13.1. The number of benzene rings is 1. The van der Waals surface area contributed by atoms with Crippen LogP contribution in [0.1, 0.15) is 30.5 Å². The summed E-state index contributed by atoms with van der Waals surface area (Å²) < 4.78 is 1.25. The summed E-state index contributed by atoms with van der Waals surface area (Å²) in [6.07, 6.45) is 1.29. The molecule has 0 aliphatic carbocycles. The minimum absolute atomic E-state index is 0.541. The van der Waals surface area contributed by atoms with E-state index in [1.54, 1.807) is 0 Å². The largest absolute Gasteiger partial charge is 0.317 e. The first kappa shape index (κ1) is 14.0. The van der Waals surface area contributed by atoms with Gasteiger partial charge in [-0.2, -0.15) is 0 Å². The molecule has 0 aromatic heterocycles. The third-order valence-electron chi connectivity index (χ3n) is 3.91. The van der Waals surface area contributed by atoms with Crippen molar-refractivity contribution in [3.63, 3.8) is 0 Å². The molecule has 0 bridgehead atoms. The Kier molecular flexibility index (Phi) is 4.82. The molecule has 2 rings (SSSR count). The van der Waals surface area contributed by atoms with Gasteiger partial charge in [0.25, 0.3) is 0 Å². The number of hydrogen-bond donors (Lipinski definition) is 1. The van der Waals surface area contributed by atoms with Crippen molar-refractivity contribution in [2.45, 2.75) is 26.3 Å². The van der Waals surface area contributed by atoms with Gasteiger partial charge in [-0.15, -0.1) is 0 Å². The standard InChI is InChI=1S/C15H23BrN2/c1-4-17-10-12-7-8-18(3)15(12)13-6-5-11(2)9-14(13)16/h5-6,9,12,15,17H,4,7-8,10H2,1-3H3. The van der Waals surface area contributed by atoms with E-state index in [-0.39, 0.29) is 0 Å². The summed E-state index contributed by atoms with van der Waals surface area (Å²) in [7, 11) is 2.24. The van der Waals surface area contributed by atoms with Crippen LogP contribution in [0.4, 0.5) is 0 Å². The van der Waals surface area contributed by atoms with Crippen molar-refractivity contribution in [3.05, 3.63) is 33.8 Å². The van der Waals surface area contributed by atoms with Crippen LogP contribution in [0, 0.1) is 12.8 Å². The predicted octanol–water partition coefficient (Wildman–Crippen LogP) is 3.36. The molecule has 0 radical (unpaired) electrons. The van der Waals surface area contributed by atoms with Crippen molar-refractivity contribution < 1.29 is 0 Å². The van der Waals surface area contributed by atoms with Crippen molar-refractivity contribution >= 4 is 15.9 Å². The van der Waals surface area contributed by atoms with Gasteiger partial charge in [0.2, 0.25) is 0 Å². The molecule has 100 valence electrons. The highest BCUT2D eigenvalue weighted by Crippen LogP contribution is 2.39. The highest BCUT2D eigenvalue weighted by Gasteiger charge is 2.33. The first-order valence-corrected chi connectivity index (χ1v) is 7.59. The molecule has 1 aliphatic rings. The zero-order valence-corrected chi connectivity index (χ0v) is 13.1. The molecule has 0 saturated carbocycles. The van der Waals surface area contributed by atoms with Crippen LogP contribution in [-0.2, 0) is 0 Å². The Hall–Kier alpha value is -0.380. The Morgan fingerprint density at radius 1 is 1.44 bits per heavy atom. The lowest BCUT2D eigenvalue weighted by molar-refractivity contribution is 0.272. The van der Waals surface area contributed by atoms with E-state index in [0.717, 1.165) is 13.1 Å². The third-order valence-corrected chi connectivity index (χ3v) is 4.59. The molecule has 2 unspecified atom stereocenters. The molecule has 1 aliphatic heterocycles. The fraction of sp³-hybridized carbons (Fsp3) is 0.600. The maximum Gasteiger partial charge on any atom is 0.0397 e. The van der Waals surface area contributed by atoms with E-state index in [9.17, 15) is 0 Å². The first-order valence-electron chi connectivity index (χ1n) is 6.80. The molecule has 1 saturated heterocycles. The van der Waals surface area contributed by atoms with Crippen molar-refractivity contribution in [1.82, 2.24) is 10.2 Å². The zero-order valence-electron chi connectivity index (χ0n) is 11.5. The van der Waals surface area contributed by atoms with Gasteiger partial charge in [0, 0.05) is 10.5 Å². The fourth-order valence-corrected chi connectivity index (χ4v) is 3.66. The van der Waals surface area contributed by atoms with E-state index in [1.165, 1.54) is 28.6 Å². The lowest BCUT2D eigenvalue weighted by Crippen LogP contribution is -2.28. The SMILES string of the molecule is CCNCC1CCN(C)C1c1ccc(C)cc1Br. The number of halogens is 1. The number of rotatable bonds is 4. The van der Waals surface area contributed by atoms with Crippen LogP contribution in [0.3, 0.4) is 0 Å². The molecule has 2 atom stereocenters. The molecule has 18 heavy (non-hydrogen) atoms. The summed E-state index contributed by atoms with van der Waals surface area (Å²) in [5, 5.41) is 3.50. The maximum atomic E-state index is 3.73. The van der Waals surface area contributed by atoms with E-state index in [2.05, 4.69) is 65.2 Å². The monoisotopic (exact) mass is 310 g/mol. The number of aryl methyl sites for hydroxylation is 1. The molecule has 1 fully saturated rings.